The Labute approximate surface area is 175 Å². The molecule has 0 bridgehead atoms. The van der Waals surface area contributed by atoms with Crippen LogP contribution in [0.2, 0.25) is 0 Å². The van der Waals surface area contributed by atoms with Crippen LogP contribution in [0.3, 0.4) is 0 Å². The van der Waals surface area contributed by atoms with Gasteiger partial charge in [-0.15, -0.1) is 12.4 Å². The molecule has 0 aromatic heterocycles. The number of anilines is 1. The lowest BCUT2D eigenvalue weighted by Gasteiger charge is -2.23. The molecule has 0 aliphatic heterocycles. The summed E-state index contributed by atoms with van der Waals surface area (Å²) in [6, 6.07) is 15.8. The van der Waals surface area contributed by atoms with Crippen LogP contribution in [0.25, 0.3) is 0 Å². The molecule has 152 valence electrons. The van der Waals surface area contributed by atoms with Crippen molar-refractivity contribution >= 4 is 18.1 Å². The molecule has 28 heavy (non-hydrogen) atoms. The largest absolute Gasteiger partial charge is 0.490 e. The number of rotatable bonds is 6. The van der Waals surface area contributed by atoms with Gasteiger partial charge in [-0.3, -0.25) is 0 Å². The predicted molar refractivity (Wildman–Crippen MR) is 120 cm³/mol. The third kappa shape index (κ3) is 8.22. The number of benzene rings is 2. The molecule has 0 heterocycles. The fourth-order valence-corrected chi connectivity index (χ4v) is 2.35. The number of aliphatic hydroxyl groups excluding tert-OH is 1. The number of aliphatic hydroxyl groups is 1. The SMILES string of the molecule is CN(C)c1ccc(C#Cc2ccccc2OCC(O)CNC(C)(C)C)cc1.Cl. The maximum atomic E-state index is 10.1. The van der Waals surface area contributed by atoms with Crippen LogP contribution in [0, 0.1) is 11.8 Å². The number of nitrogens with one attached hydrogen (secondary N) is 1. The van der Waals surface area contributed by atoms with Crippen LogP contribution in [0.15, 0.2) is 48.5 Å². The van der Waals surface area contributed by atoms with Gasteiger partial charge in [-0.25, -0.2) is 0 Å². The molecule has 0 fully saturated rings. The minimum Gasteiger partial charge on any atom is -0.490 e. The summed E-state index contributed by atoms with van der Waals surface area (Å²) < 4.78 is 5.80. The summed E-state index contributed by atoms with van der Waals surface area (Å²) >= 11 is 0. The van der Waals surface area contributed by atoms with Crippen molar-refractivity contribution in [1.82, 2.24) is 5.32 Å². The summed E-state index contributed by atoms with van der Waals surface area (Å²) in [6.45, 7) is 6.90. The molecule has 1 atom stereocenters. The number of nitrogens with zero attached hydrogens (tertiary/aromatic N) is 1. The van der Waals surface area contributed by atoms with Crippen LogP contribution in [0.5, 0.6) is 5.75 Å². The normalized spacial score (nSPS) is 11.6. The van der Waals surface area contributed by atoms with Crippen LogP contribution in [0.4, 0.5) is 5.69 Å². The fourth-order valence-electron chi connectivity index (χ4n) is 2.35. The highest BCUT2D eigenvalue weighted by Crippen LogP contribution is 2.18. The summed E-state index contributed by atoms with van der Waals surface area (Å²) in [5.74, 6) is 7.03. The van der Waals surface area contributed by atoms with E-state index in [1.165, 1.54) is 0 Å². The highest BCUT2D eigenvalue weighted by molar-refractivity contribution is 5.85. The molecule has 5 heteroatoms. The average Bonchev–Trinajstić information content (AvgIpc) is 2.63. The lowest BCUT2D eigenvalue weighted by atomic mass is 10.1. The first-order valence-electron chi connectivity index (χ1n) is 9.19. The lowest BCUT2D eigenvalue weighted by Crippen LogP contribution is -2.42. The molecule has 0 radical (unpaired) electrons. The van der Waals surface area contributed by atoms with Gasteiger partial charge in [0.1, 0.15) is 18.5 Å². The molecule has 4 nitrogen and oxygen atoms in total. The topological polar surface area (TPSA) is 44.7 Å². The second kappa shape index (κ2) is 11.0. The maximum Gasteiger partial charge on any atom is 0.135 e. The second-order valence-electron chi connectivity index (χ2n) is 7.78. The van der Waals surface area contributed by atoms with Crippen molar-refractivity contribution < 1.29 is 9.84 Å². The molecule has 0 aliphatic rings. The van der Waals surface area contributed by atoms with Crippen molar-refractivity contribution in [3.63, 3.8) is 0 Å². The zero-order chi connectivity index (χ0) is 19.9. The highest BCUT2D eigenvalue weighted by atomic mass is 35.5. The minimum atomic E-state index is -0.580. The first-order valence-corrected chi connectivity index (χ1v) is 9.19. The van der Waals surface area contributed by atoms with Gasteiger partial charge in [0.15, 0.2) is 0 Å². The zero-order valence-corrected chi connectivity index (χ0v) is 18.1. The van der Waals surface area contributed by atoms with Gasteiger partial charge in [-0.1, -0.05) is 24.0 Å². The molecule has 2 aromatic carbocycles. The van der Waals surface area contributed by atoms with E-state index in [2.05, 4.69) is 42.8 Å². The Hall–Kier alpha value is -2.19. The van der Waals surface area contributed by atoms with E-state index < -0.39 is 6.10 Å². The van der Waals surface area contributed by atoms with Gasteiger partial charge in [0.2, 0.25) is 0 Å². The monoisotopic (exact) mass is 402 g/mol. The third-order valence-electron chi connectivity index (χ3n) is 3.91. The number of hydrogen-bond donors (Lipinski definition) is 2. The number of hydrogen-bond acceptors (Lipinski definition) is 4. The summed E-state index contributed by atoms with van der Waals surface area (Å²) in [5, 5.41) is 13.4. The molecule has 2 N–H and O–H groups in total. The van der Waals surface area contributed by atoms with Crippen molar-refractivity contribution in [2.24, 2.45) is 0 Å². The van der Waals surface area contributed by atoms with Crippen LogP contribution in [-0.4, -0.2) is 44.0 Å². The second-order valence-corrected chi connectivity index (χ2v) is 7.78. The molecule has 0 amide bonds. The van der Waals surface area contributed by atoms with Gasteiger partial charge in [-0.05, 0) is 57.2 Å². The fraction of sp³-hybridized carbons (Fsp3) is 0.391. The van der Waals surface area contributed by atoms with E-state index in [-0.39, 0.29) is 24.6 Å². The van der Waals surface area contributed by atoms with Crippen LogP contribution in [-0.2, 0) is 0 Å². The maximum absolute atomic E-state index is 10.1. The molecule has 0 aliphatic carbocycles. The highest BCUT2D eigenvalue weighted by Gasteiger charge is 2.13. The van der Waals surface area contributed by atoms with Gasteiger partial charge in [0, 0.05) is 37.4 Å². The molecule has 0 spiro atoms. The van der Waals surface area contributed by atoms with Crippen molar-refractivity contribution in [3.8, 4) is 17.6 Å². The number of para-hydroxylation sites is 1. The molecule has 0 saturated heterocycles. The van der Waals surface area contributed by atoms with Gasteiger partial charge in [0.05, 0.1) is 5.56 Å². The van der Waals surface area contributed by atoms with Gasteiger partial charge >= 0.3 is 0 Å². The smallest absolute Gasteiger partial charge is 0.135 e. The summed E-state index contributed by atoms with van der Waals surface area (Å²) in [4.78, 5) is 2.06. The Morgan fingerprint density at radius 2 is 1.68 bits per heavy atom. The molecule has 2 rings (SSSR count). The molecule has 0 saturated carbocycles. The van der Waals surface area contributed by atoms with Crippen molar-refractivity contribution in [3.05, 3.63) is 59.7 Å². The quantitative estimate of drug-likeness (QED) is 0.723. The minimum absolute atomic E-state index is 0. The van der Waals surface area contributed by atoms with E-state index in [0.29, 0.717) is 12.3 Å². The average molecular weight is 403 g/mol. The van der Waals surface area contributed by atoms with E-state index in [4.69, 9.17) is 4.74 Å². The zero-order valence-electron chi connectivity index (χ0n) is 17.3. The van der Waals surface area contributed by atoms with Crippen LogP contribution in [0.1, 0.15) is 31.9 Å². The van der Waals surface area contributed by atoms with Crippen molar-refractivity contribution in [1.29, 1.82) is 0 Å². The van der Waals surface area contributed by atoms with Crippen LogP contribution >= 0.6 is 12.4 Å². The van der Waals surface area contributed by atoms with Gasteiger partial charge in [-0.2, -0.15) is 0 Å². The van der Waals surface area contributed by atoms with Crippen molar-refractivity contribution in [2.75, 3.05) is 32.1 Å². The number of β-amino-alcohol motifs (C(OH)–C–C–N with tert-alkyl or cyclic N) is 1. The molecular weight excluding hydrogens is 372 g/mol. The Balaban J connectivity index is 0.00000392. The van der Waals surface area contributed by atoms with E-state index in [0.717, 1.165) is 16.8 Å². The summed E-state index contributed by atoms with van der Waals surface area (Å²) in [5.41, 5.74) is 2.86. The van der Waals surface area contributed by atoms with Gasteiger partial charge < -0.3 is 20.1 Å². The van der Waals surface area contributed by atoms with Crippen LogP contribution < -0.4 is 15.0 Å². The van der Waals surface area contributed by atoms with Gasteiger partial charge in [0.25, 0.3) is 0 Å². The Morgan fingerprint density at radius 3 is 2.29 bits per heavy atom. The Bertz CT molecular complexity index is 787. The van der Waals surface area contributed by atoms with E-state index in [1.54, 1.807) is 0 Å². The standard InChI is InChI=1S/C23H30N2O2.ClH/c1-23(2,3)24-16-21(26)17-27-22-9-7-6-8-19(22)13-10-18-11-14-20(15-12-18)25(4)5;/h6-9,11-12,14-15,21,24,26H,16-17H2,1-5H3;1H. The van der Waals surface area contributed by atoms with E-state index in [9.17, 15) is 5.11 Å². The molecular formula is C23H31ClN2O2. The first kappa shape index (κ1) is 23.8. The summed E-state index contributed by atoms with van der Waals surface area (Å²) in [7, 11) is 4.03. The number of halogens is 1. The third-order valence-corrected chi connectivity index (χ3v) is 3.91. The first-order chi connectivity index (χ1) is 12.7. The molecule has 1 unspecified atom stereocenters. The Morgan fingerprint density at radius 1 is 1.04 bits per heavy atom. The Kier molecular flexibility index (Phi) is 9.34. The van der Waals surface area contributed by atoms with E-state index in [1.807, 2.05) is 62.6 Å². The lowest BCUT2D eigenvalue weighted by molar-refractivity contribution is 0.0999. The summed E-state index contributed by atoms with van der Waals surface area (Å²) in [6.07, 6.45) is -0.580. The van der Waals surface area contributed by atoms with Crippen molar-refractivity contribution in [2.45, 2.75) is 32.4 Å². The van der Waals surface area contributed by atoms with E-state index >= 15 is 0 Å². The number of ether oxygens (including phenoxy) is 1. The molecule has 2 aromatic rings. The predicted octanol–water partition coefficient (Wildman–Crippen LogP) is 3.70.